The largest absolute Gasteiger partial charge is 0.357 e. The fraction of sp³-hybridized carbons (Fsp3) is 0.833. The van der Waals surface area contributed by atoms with E-state index >= 15 is 0 Å². The standard InChI is InChI=1S/C18H33N5O2/c1-3-19-18(21-11-10-20-14(2)24)22-16-9-12-23(13-16)17(25)15-7-5-4-6-8-15/h15-16H,3-13H2,1-2H3,(H,20,24)(H2,19,21,22). The van der Waals surface area contributed by atoms with Crippen LogP contribution in [0.4, 0.5) is 0 Å². The number of carbonyl (C=O) groups excluding carboxylic acids is 2. The van der Waals surface area contributed by atoms with Crippen LogP contribution >= 0.6 is 0 Å². The maximum absolute atomic E-state index is 12.6. The van der Waals surface area contributed by atoms with Crippen molar-refractivity contribution in [2.45, 2.75) is 58.4 Å². The highest BCUT2D eigenvalue weighted by Gasteiger charge is 2.31. The zero-order valence-electron chi connectivity index (χ0n) is 15.6. The van der Waals surface area contributed by atoms with Gasteiger partial charge in [-0.05, 0) is 26.2 Å². The molecular weight excluding hydrogens is 318 g/mol. The Balaban J connectivity index is 1.79. The van der Waals surface area contributed by atoms with Crippen molar-refractivity contribution in [2.75, 3.05) is 32.7 Å². The van der Waals surface area contributed by atoms with Gasteiger partial charge >= 0.3 is 0 Å². The quantitative estimate of drug-likeness (QED) is 0.376. The van der Waals surface area contributed by atoms with Gasteiger partial charge in [-0.1, -0.05) is 19.3 Å². The highest BCUT2D eigenvalue weighted by Crippen LogP contribution is 2.26. The van der Waals surface area contributed by atoms with E-state index in [1.165, 1.54) is 26.2 Å². The molecule has 2 aliphatic rings. The van der Waals surface area contributed by atoms with E-state index in [2.05, 4.69) is 20.9 Å². The van der Waals surface area contributed by atoms with Gasteiger partial charge in [-0.25, -0.2) is 0 Å². The Hall–Kier alpha value is -1.79. The Bertz CT molecular complexity index is 474. The summed E-state index contributed by atoms with van der Waals surface area (Å²) >= 11 is 0. The van der Waals surface area contributed by atoms with Crippen molar-refractivity contribution in [3.8, 4) is 0 Å². The van der Waals surface area contributed by atoms with Crippen LogP contribution < -0.4 is 16.0 Å². The van der Waals surface area contributed by atoms with E-state index < -0.39 is 0 Å². The third kappa shape index (κ3) is 6.55. The van der Waals surface area contributed by atoms with Crippen LogP contribution in [0, 0.1) is 5.92 Å². The predicted molar refractivity (Wildman–Crippen MR) is 99.4 cm³/mol. The maximum Gasteiger partial charge on any atom is 0.225 e. The van der Waals surface area contributed by atoms with Gasteiger partial charge in [-0.15, -0.1) is 0 Å². The zero-order chi connectivity index (χ0) is 18.1. The summed E-state index contributed by atoms with van der Waals surface area (Å²) in [5.41, 5.74) is 0. The first-order valence-corrected chi connectivity index (χ1v) is 9.68. The smallest absolute Gasteiger partial charge is 0.225 e. The molecule has 3 N–H and O–H groups in total. The van der Waals surface area contributed by atoms with Crippen LogP contribution in [0.5, 0.6) is 0 Å². The van der Waals surface area contributed by atoms with Crippen molar-refractivity contribution in [2.24, 2.45) is 10.9 Å². The predicted octanol–water partition coefficient (Wildman–Crippen LogP) is 0.859. The first kappa shape index (κ1) is 19.5. The topological polar surface area (TPSA) is 85.8 Å². The van der Waals surface area contributed by atoms with E-state index in [0.717, 1.165) is 44.9 Å². The van der Waals surface area contributed by atoms with E-state index in [1.807, 2.05) is 11.8 Å². The number of hydrogen-bond donors (Lipinski definition) is 3. The molecule has 25 heavy (non-hydrogen) atoms. The second-order valence-corrected chi connectivity index (χ2v) is 6.99. The van der Waals surface area contributed by atoms with Gasteiger partial charge < -0.3 is 20.9 Å². The Morgan fingerprint density at radius 3 is 2.56 bits per heavy atom. The molecule has 1 aliphatic heterocycles. The SMILES string of the molecule is CCNC(=NCCNC(C)=O)NC1CCN(C(=O)C2CCCCC2)C1. The lowest BCUT2D eigenvalue weighted by molar-refractivity contribution is -0.135. The third-order valence-electron chi connectivity index (χ3n) is 4.90. The van der Waals surface area contributed by atoms with Crippen LogP contribution in [-0.2, 0) is 9.59 Å². The molecule has 0 spiro atoms. The molecule has 1 atom stereocenters. The molecule has 7 nitrogen and oxygen atoms in total. The van der Waals surface area contributed by atoms with E-state index in [1.54, 1.807) is 0 Å². The number of nitrogens with zero attached hydrogens (tertiary/aromatic N) is 2. The van der Waals surface area contributed by atoms with Crippen LogP contribution in [0.1, 0.15) is 52.4 Å². The summed E-state index contributed by atoms with van der Waals surface area (Å²) in [6.07, 6.45) is 6.72. The molecule has 2 fully saturated rings. The number of hydrogen-bond acceptors (Lipinski definition) is 3. The Kier molecular flexibility index (Phi) is 8.01. The molecule has 1 saturated heterocycles. The monoisotopic (exact) mass is 351 g/mol. The van der Waals surface area contributed by atoms with Gasteiger partial charge in [-0.3, -0.25) is 14.6 Å². The van der Waals surface area contributed by atoms with Gasteiger partial charge in [0.1, 0.15) is 0 Å². The van der Waals surface area contributed by atoms with Crippen molar-refractivity contribution >= 4 is 17.8 Å². The number of guanidine groups is 1. The summed E-state index contributed by atoms with van der Waals surface area (Å²) in [6, 6.07) is 0.242. The molecular formula is C18H33N5O2. The second kappa shape index (κ2) is 10.3. The van der Waals surface area contributed by atoms with Gasteiger partial charge in [0.2, 0.25) is 11.8 Å². The molecule has 1 aliphatic carbocycles. The van der Waals surface area contributed by atoms with E-state index in [9.17, 15) is 9.59 Å². The first-order valence-electron chi connectivity index (χ1n) is 9.68. The van der Waals surface area contributed by atoms with Gasteiger partial charge in [0.25, 0.3) is 0 Å². The second-order valence-electron chi connectivity index (χ2n) is 6.99. The summed E-state index contributed by atoms with van der Waals surface area (Å²) in [5.74, 6) is 1.30. The molecule has 1 unspecified atom stereocenters. The van der Waals surface area contributed by atoms with E-state index in [4.69, 9.17) is 0 Å². The number of carbonyl (C=O) groups is 2. The lowest BCUT2D eigenvalue weighted by atomic mass is 9.88. The fourth-order valence-electron chi connectivity index (χ4n) is 3.60. The lowest BCUT2D eigenvalue weighted by Crippen LogP contribution is -2.45. The number of likely N-dealkylation sites (tertiary alicyclic amines) is 1. The number of nitrogens with one attached hydrogen (secondary N) is 3. The molecule has 2 rings (SSSR count). The van der Waals surface area contributed by atoms with Crippen molar-refractivity contribution in [3.63, 3.8) is 0 Å². The van der Waals surface area contributed by atoms with Gasteiger partial charge in [-0.2, -0.15) is 0 Å². The summed E-state index contributed by atoms with van der Waals surface area (Å²) in [5, 5.41) is 9.39. The zero-order valence-corrected chi connectivity index (χ0v) is 15.6. The Morgan fingerprint density at radius 2 is 1.88 bits per heavy atom. The normalized spacial score (nSPS) is 21.9. The molecule has 142 valence electrons. The average Bonchev–Trinajstić information content (AvgIpc) is 3.07. The minimum atomic E-state index is -0.0409. The molecule has 0 aromatic rings. The highest BCUT2D eigenvalue weighted by molar-refractivity contribution is 5.81. The maximum atomic E-state index is 12.6. The minimum Gasteiger partial charge on any atom is -0.357 e. The molecule has 1 saturated carbocycles. The first-order chi connectivity index (χ1) is 12.1. The molecule has 2 amide bonds. The van der Waals surface area contributed by atoms with Crippen LogP contribution in [0.25, 0.3) is 0 Å². The molecule has 0 radical (unpaired) electrons. The molecule has 0 aromatic carbocycles. The highest BCUT2D eigenvalue weighted by atomic mass is 16.2. The van der Waals surface area contributed by atoms with Gasteiger partial charge in [0, 0.05) is 45.1 Å². The average molecular weight is 351 g/mol. The third-order valence-corrected chi connectivity index (χ3v) is 4.90. The van der Waals surface area contributed by atoms with Crippen LogP contribution in [0.15, 0.2) is 4.99 Å². The molecule has 1 heterocycles. The van der Waals surface area contributed by atoms with Crippen molar-refractivity contribution in [1.82, 2.24) is 20.9 Å². The van der Waals surface area contributed by atoms with Crippen molar-refractivity contribution in [3.05, 3.63) is 0 Å². The van der Waals surface area contributed by atoms with Crippen LogP contribution in [0.2, 0.25) is 0 Å². The fourth-order valence-corrected chi connectivity index (χ4v) is 3.60. The van der Waals surface area contributed by atoms with Crippen molar-refractivity contribution in [1.29, 1.82) is 0 Å². The number of amides is 2. The Labute approximate surface area is 151 Å². The van der Waals surface area contributed by atoms with E-state index in [-0.39, 0.29) is 17.9 Å². The summed E-state index contributed by atoms with van der Waals surface area (Å²) < 4.78 is 0. The summed E-state index contributed by atoms with van der Waals surface area (Å²) in [6.45, 7) is 6.96. The molecule has 7 heteroatoms. The number of rotatable bonds is 6. The van der Waals surface area contributed by atoms with E-state index in [0.29, 0.717) is 19.0 Å². The molecule has 0 bridgehead atoms. The van der Waals surface area contributed by atoms with Crippen LogP contribution in [0.3, 0.4) is 0 Å². The molecule has 0 aromatic heterocycles. The van der Waals surface area contributed by atoms with Gasteiger partial charge in [0.15, 0.2) is 5.96 Å². The van der Waals surface area contributed by atoms with Crippen LogP contribution in [-0.4, -0.2) is 61.4 Å². The lowest BCUT2D eigenvalue weighted by Gasteiger charge is -2.26. The summed E-state index contributed by atoms with van der Waals surface area (Å²) in [4.78, 5) is 30.0. The minimum absolute atomic E-state index is 0.0409. The Morgan fingerprint density at radius 1 is 1.12 bits per heavy atom. The van der Waals surface area contributed by atoms with Gasteiger partial charge in [0.05, 0.1) is 6.54 Å². The number of aliphatic imine (C=N–C) groups is 1. The summed E-state index contributed by atoms with van der Waals surface area (Å²) in [7, 11) is 0. The van der Waals surface area contributed by atoms with Crippen molar-refractivity contribution < 1.29 is 9.59 Å².